The molecule has 0 heterocycles. The topological polar surface area (TPSA) is 44.0 Å². The maximum Gasteiger partial charge on any atom is 0.0835 e. The molecule has 2 rings (SSSR count). The Morgan fingerprint density at radius 2 is 2.00 bits per heavy atom. The monoisotopic (exact) mass is 219 g/mol. The number of hydrogen-bond donors (Lipinski definition) is 1. The molecule has 0 radical (unpaired) electrons. The minimum absolute atomic E-state index is 0.308. The largest absolute Gasteiger partial charge is 0.391 e. The highest BCUT2D eigenvalue weighted by Crippen LogP contribution is 2.43. The molecule has 2 unspecified atom stereocenters. The fourth-order valence-corrected chi connectivity index (χ4v) is 3.21. The SMILES string of the molecule is N#CC1(C(O)C2CC=CCC2)CCCCC1. The molecule has 2 aliphatic carbocycles. The van der Waals surface area contributed by atoms with Gasteiger partial charge in [-0.15, -0.1) is 0 Å². The van der Waals surface area contributed by atoms with Crippen LogP contribution in [0.2, 0.25) is 0 Å². The minimum atomic E-state index is -0.436. The number of nitrogens with zero attached hydrogens (tertiary/aromatic N) is 1. The van der Waals surface area contributed by atoms with Gasteiger partial charge in [-0.1, -0.05) is 31.4 Å². The second-order valence-corrected chi connectivity index (χ2v) is 5.32. The third-order valence-corrected chi connectivity index (χ3v) is 4.29. The van der Waals surface area contributed by atoms with Crippen LogP contribution in [0.15, 0.2) is 12.2 Å². The molecular formula is C14H21NO. The lowest BCUT2D eigenvalue weighted by Crippen LogP contribution is -2.41. The molecule has 0 aromatic carbocycles. The molecular weight excluding hydrogens is 198 g/mol. The van der Waals surface area contributed by atoms with Crippen molar-refractivity contribution >= 4 is 0 Å². The summed E-state index contributed by atoms with van der Waals surface area (Å²) >= 11 is 0. The molecule has 0 spiro atoms. The average Bonchev–Trinajstić information content (AvgIpc) is 2.39. The van der Waals surface area contributed by atoms with Crippen LogP contribution in [0.5, 0.6) is 0 Å². The molecule has 88 valence electrons. The maximum atomic E-state index is 10.5. The van der Waals surface area contributed by atoms with Crippen molar-refractivity contribution in [2.24, 2.45) is 11.3 Å². The summed E-state index contributed by atoms with van der Waals surface area (Å²) in [5, 5.41) is 19.9. The highest BCUT2D eigenvalue weighted by molar-refractivity contribution is 5.08. The van der Waals surface area contributed by atoms with Gasteiger partial charge in [-0.25, -0.2) is 0 Å². The summed E-state index contributed by atoms with van der Waals surface area (Å²) in [6.07, 6.45) is 12.2. The van der Waals surface area contributed by atoms with E-state index in [4.69, 9.17) is 0 Å². The summed E-state index contributed by atoms with van der Waals surface area (Å²) in [5.41, 5.74) is -0.436. The number of aliphatic hydroxyl groups is 1. The molecule has 0 aromatic rings. The van der Waals surface area contributed by atoms with Crippen molar-refractivity contribution < 1.29 is 5.11 Å². The predicted octanol–water partition coefficient (Wildman–Crippen LogP) is 3.18. The molecule has 2 nitrogen and oxygen atoms in total. The number of aliphatic hydroxyl groups excluding tert-OH is 1. The van der Waals surface area contributed by atoms with Crippen LogP contribution in [0.1, 0.15) is 51.4 Å². The lowest BCUT2D eigenvalue weighted by Gasteiger charge is -2.39. The second kappa shape index (κ2) is 5.01. The molecule has 1 saturated carbocycles. The number of nitriles is 1. The Bertz CT molecular complexity index is 296. The Morgan fingerprint density at radius 1 is 1.25 bits per heavy atom. The standard InChI is InChI=1S/C14H21NO/c15-11-14(9-5-2-6-10-14)13(16)12-7-3-1-4-8-12/h1,3,12-13,16H,2,4-10H2. The minimum Gasteiger partial charge on any atom is -0.391 e. The summed E-state index contributed by atoms with van der Waals surface area (Å²) < 4.78 is 0. The highest BCUT2D eigenvalue weighted by Gasteiger charge is 2.42. The maximum absolute atomic E-state index is 10.5. The first-order valence-corrected chi connectivity index (χ1v) is 6.53. The molecule has 0 aliphatic heterocycles. The predicted molar refractivity (Wildman–Crippen MR) is 63.6 cm³/mol. The van der Waals surface area contributed by atoms with E-state index in [2.05, 4.69) is 18.2 Å². The Morgan fingerprint density at radius 3 is 2.56 bits per heavy atom. The Kier molecular flexibility index (Phi) is 3.66. The van der Waals surface area contributed by atoms with Gasteiger partial charge in [-0.3, -0.25) is 0 Å². The van der Waals surface area contributed by atoms with Gasteiger partial charge in [0, 0.05) is 0 Å². The van der Waals surface area contributed by atoms with E-state index < -0.39 is 11.5 Å². The van der Waals surface area contributed by atoms with E-state index in [9.17, 15) is 10.4 Å². The van der Waals surface area contributed by atoms with Crippen LogP contribution in [-0.4, -0.2) is 11.2 Å². The molecule has 0 bridgehead atoms. The molecule has 1 fully saturated rings. The van der Waals surface area contributed by atoms with Crippen molar-refractivity contribution in [1.82, 2.24) is 0 Å². The van der Waals surface area contributed by atoms with E-state index in [0.29, 0.717) is 5.92 Å². The van der Waals surface area contributed by atoms with Crippen molar-refractivity contribution in [2.45, 2.75) is 57.5 Å². The number of rotatable bonds is 2. The van der Waals surface area contributed by atoms with Gasteiger partial charge in [0.15, 0.2) is 0 Å². The quantitative estimate of drug-likeness (QED) is 0.725. The number of hydrogen-bond acceptors (Lipinski definition) is 2. The second-order valence-electron chi connectivity index (χ2n) is 5.32. The van der Waals surface area contributed by atoms with Crippen molar-refractivity contribution in [3.05, 3.63) is 12.2 Å². The molecule has 2 aliphatic rings. The smallest absolute Gasteiger partial charge is 0.0835 e. The van der Waals surface area contributed by atoms with E-state index in [-0.39, 0.29) is 0 Å². The van der Waals surface area contributed by atoms with Gasteiger partial charge in [0.2, 0.25) is 0 Å². The van der Waals surface area contributed by atoms with Gasteiger partial charge >= 0.3 is 0 Å². The molecule has 16 heavy (non-hydrogen) atoms. The lowest BCUT2D eigenvalue weighted by molar-refractivity contribution is -0.0103. The van der Waals surface area contributed by atoms with E-state index in [1.807, 2.05) is 0 Å². The van der Waals surface area contributed by atoms with Gasteiger partial charge in [0.1, 0.15) is 0 Å². The Balaban J connectivity index is 2.08. The van der Waals surface area contributed by atoms with Gasteiger partial charge in [-0.05, 0) is 38.0 Å². The van der Waals surface area contributed by atoms with Crippen molar-refractivity contribution in [1.29, 1.82) is 5.26 Å². The summed E-state index contributed by atoms with van der Waals surface area (Å²) in [6.45, 7) is 0. The van der Waals surface area contributed by atoms with Crippen molar-refractivity contribution in [2.75, 3.05) is 0 Å². The fraction of sp³-hybridized carbons (Fsp3) is 0.786. The van der Waals surface area contributed by atoms with Crippen LogP contribution >= 0.6 is 0 Å². The van der Waals surface area contributed by atoms with E-state index in [1.165, 1.54) is 6.42 Å². The summed E-state index contributed by atoms with van der Waals surface area (Å²) in [7, 11) is 0. The normalized spacial score (nSPS) is 30.6. The van der Waals surface area contributed by atoms with Crippen LogP contribution in [0.25, 0.3) is 0 Å². The first kappa shape index (κ1) is 11.7. The summed E-state index contributed by atoms with van der Waals surface area (Å²) in [6, 6.07) is 2.44. The third-order valence-electron chi connectivity index (χ3n) is 4.29. The number of allylic oxidation sites excluding steroid dienone is 2. The van der Waals surface area contributed by atoms with Gasteiger partial charge < -0.3 is 5.11 Å². The lowest BCUT2D eigenvalue weighted by atomic mass is 9.66. The highest BCUT2D eigenvalue weighted by atomic mass is 16.3. The molecule has 2 atom stereocenters. The average molecular weight is 219 g/mol. The van der Waals surface area contributed by atoms with Crippen LogP contribution in [-0.2, 0) is 0 Å². The Hall–Kier alpha value is -0.810. The molecule has 0 amide bonds. The fourth-order valence-electron chi connectivity index (χ4n) is 3.21. The molecule has 0 saturated heterocycles. The zero-order chi connectivity index (χ0) is 11.4. The van der Waals surface area contributed by atoms with E-state index in [0.717, 1.165) is 44.9 Å². The van der Waals surface area contributed by atoms with Crippen LogP contribution in [0.3, 0.4) is 0 Å². The Labute approximate surface area is 98.0 Å². The van der Waals surface area contributed by atoms with E-state index >= 15 is 0 Å². The van der Waals surface area contributed by atoms with Crippen molar-refractivity contribution in [3.63, 3.8) is 0 Å². The molecule has 1 N–H and O–H groups in total. The van der Waals surface area contributed by atoms with Gasteiger partial charge in [-0.2, -0.15) is 5.26 Å². The zero-order valence-electron chi connectivity index (χ0n) is 9.86. The van der Waals surface area contributed by atoms with Gasteiger partial charge in [0.05, 0.1) is 17.6 Å². The van der Waals surface area contributed by atoms with Gasteiger partial charge in [0.25, 0.3) is 0 Å². The molecule has 0 aromatic heterocycles. The van der Waals surface area contributed by atoms with Crippen LogP contribution < -0.4 is 0 Å². The van der Waals surface area contributed by atoms with Crippen LogP contribution in [0, 0.1) is 22.7 Å². The molecule has 2 heteroatoms. The zero-order valence-corrected chi connectivity index (χ0v) is 9.86. The first-order chi connectivity index (χ1) is 7.78. The van der Waals surface area contributed by atoms with E-state index in [1.54, 1.807) is 0 Å². The van der Waals surface area contributed by atoms with Crippen LogP contribution in [0.4, 0.5) is 0 Å². The third kappa shape index (κ3) is 2.15. The summed E-state index contributed by atoms with van der Waals surface area (Å²) in [5.74, 6) is 0.308. The van der Waals surface area contributed by atoms with Crippen molar-refractivity contribution in [3.8, 4) is 6.07 Å². The first-order valence-electron chi connectivity index (χ1n) is 6.53. The summed E-state index contributed by atoms with van der Waals surface area (Å²) in [4.78, 5) is 0.